The summed E-state index contributed by atoms with van der Waals surface area (Å²) in [5.41, 5.74) is 1.21. The van der Waals surface area contributed by atoms with Gasteiger partial charge in [-0.15, -0.1) is 0 Å². The van der Waals surface area contributed by atoms with E-state index in [4.69, 9.17) is 4.74 Å². The van der Waals surface area contributed by atoms with Gasteiger partial charge < -0.3 is 9.84 Å². The molecule has 0 aromatic heterocycles. The van der Waals surface area contributed by atoms with Crippen molar-refractivity contribution in [1.82, 2.24) is 0 Å². The molecule has 24 heavy (non-hydrogen) atoms. The van der Waals surface area contributed by atoms with Crippen LogP contribution in [-0.4, -0.2) is 31.9 Å². The molecular formula is C17H21FO5S. The van der Waals surface area contributed by atoms with Crippen LogP contribution in [0.5, 0.6) is 0 Å². The number of alkyl halides is 1. The first-order valence-electron chi connectivity index (χ1n) is 8.05. The molecule has 0 aliphatic heterocycles. The largest absolute Gasteiger partial charge is 0.454 e. The number of esters is 1. The minimum absolute atomic E-state index is 0.0338. The molecule has 1 aromatic carbocycles. The number of sulfone groups is 1. The highest BCUT2D eigenvalue weighted by atomic mass is 32.2. The third kappa shape index (κ3) is 2.95. The lowest BCUT2D eigenvalue weighted by Crippen LogP contribution is -2.21. The highest BCUT2D eigenvalue weighted by Gasteiger charge is 2.42. The van der Waals surface area contributed by atoms with Crippen molar-refractivity contribution in [2.45, 2.75) is 55.9 Å². The van der Waals surface area contributed by atoms with Gasteiger partial charge in [0.15, 0.2) is 15.9 Å². The lowest BCUT2D eigenvalue weighted by atomic mass is 9.77. The summed E-state index contributed by atoms with van der Waals surface area (Å²) in [6, 6.07) is 2.96. The van der Waals surface area contributed by atoms with E-state index in [9.17, 15) is 22.7 Å². The molecule has 0 radical (unpaired) electrons. The van der Waals surface area contributed by atoms with Crippen LogP contribution in [0.4, 0.5) is 4.39 Å². The average Bonchev–Trinajstić information content (AvgIpc) is 2.71. The molecular weight excluding hydrogens is 335 g/mol. The van der Waals surface area contributed by atoms with Crippen molar-refractivity contribution in [3.05, 3.63) is 28.8 Å². The summed E-state index contributed by atoms with van der Waals surface area (Å²) in [7, 11) is -3.61. The lowest BCUT2D eigenvalue weighted by Gasteiger charge is -2.31. The monoisotopic (exact) mass is 356 g/mol. The van der Waals surface area contributed by atoms with Gasteiger partial charge in [-0.3, -0.25) is 4.79 Å². The van der Waals surface area contributed by atoms with Crippen LogP contribution in [-0.2, 0) is 25.8 Å². The molecule has 5 nitrogen and oxygen atoms in total. The summed E-state index contributed by atoms with van der Waals surface area (Å²) < 4.78 is 43.7. The molecule has 3 rings (SSSR count). The number of fused-ring (bicyclic) bond motifs is 1. The van der Waals surface area contributed by atoms with Crippen LogP contribution < -0.4 is 0 Å². The van der Waals surface area contributed by atoms with Gasteiger partial charge in [0.25, 0.3) is 0 Å². The standard InChI is InChI=1S/C17H21FO5S/c1-9(19)23-17-13(18)8-12-11(16(20)10-4-3-5-10)6-7-14(15(12)17)24(2,21)22/h6-7,10,13,16-17,20H,3-5,8H2,1-2H3/t13-,16+,17-/m1/s1. The van der Waals surface area contributed by atoms with Crippen LogP contribution in [0.3, 0.4) is 0 Å². The predicted molar refractivity (Wildman–Crippen MR) is 85.0 cm³/mol. The molecule has 0 bridgehead atoms. The Bertz CT molecular complexity index is 769. The van der Waals surface area contributed by atoms with Gasteiger partial charge in [-0.05, 0) is 36.0 Å². The maximum Gasteiger partial charge on any atom is 0.303 e. The fourth-order valence-corrected chi connectivity index (χ4v) is 4.56. The molecule has 132 valence electrons. The third-order valence-electron chi connectivity index (χ3n) is 4.97. The van der Waals surface area contributed by atoms with E-state index < -0.39 is 34.2 Å². The van der Waals surface area contributed by atoms with Crippen molar-refractivity contribution in [3.8, 4) is 0 Å². The SMILES string of the molecule is CC(=O)O[C@H]1c2c(S(C)(=O)=O)ccc([C@@H](O)C3CCC3)c2C[C@H]1F. The molecule has 0 spiro atoms. The molecule has 0 amide bonds. The highest BCUT2D eigenvalue weighted by Crippen LogP contribution is 2.46. The summed E-state index contributed by atoms with van der Waals surface area (Å²) in [5, 5.41) is 10.6. The van der Waals surface area contributed by atoms with E-state index in [1.807, 2.05) is 0 Å². The Balaban J connectivity index is 2.14. The Morgan fingerprint density at radius 3 is 2.54 bits per heavy atom. The van der Waals surface area contributed by atoms with Crippen LogP contribution >= 0.6 is 0 Å². The van der Waals surface area contributed by atoms with Gasteiger partial charge in [0.05, 0.1) is 11.0 Å². The molecule has 2 aliphatic rings. The normalized spacial score (nSPS) is 25.0. The Kier molecular flexibility index (Phi) is 4.42. The zero-order valence-electron chi connectivity index (χ0n) is 13.7. The smallest absolute Gasteiger partial charge is 0.303 e. The van der Waals surface area contributed by atoms with Gasteiger partial charge in [-0.25, -0.2) is 12.8 Å². The molecule has 1 fully saturated rings. The van der Waals surface area contributed by atoms with Gasteiger partial charge in [0, 0.05) is 25.2 Å². The topological polar surface area (TPSA) is 80.7 Å². The van der Waals surface area contributed by atoms with Crippen molar-refractivity contribution >= 4 is 15.8 Å². The Morgan fingerprint density at radius 2 is 2.04 bits per heavy atom. The average molecular weight is 356 g/mol. The molecule has 3 atom stereocenters. The molecule has 1 N–H and O–H groups in total. The van der Waals surface area contributed by atoms with Gasteiger partial charge in [0.1, 0.15) is 6.17 Å². The Labute approximate surface area is 140 Å². The number of aliphatic hydroxyl groups excluding tert-OH is 1. The number of carbonyl (C=O) groups is 1. The molecule has 7 heteroatoms. The van der Waals surface area contributed by atoms with Crippen molar-refractivity contribution in [2.24, 2.45) is 5.92 Å². The van der Waals surface area contributed by atoms with E-state index in [1.165, 1.54) is 6.07 Å². The molecule has 0 heterocycles. The van der Waals surface area contributed by atoms with E-state index in [0.717, 1.165) is 32.4 Å². The molecule has 2 aliphatic carbocycles. The first-order valence-corrected chi connectivity index (χ1v) is 9.94. The molecule has 1 saturated carbocycles. The number of ether oxygens (including phenoxy) is 1. The zero-order valence-corrected chi connectivity index (χ0v) is 14.5. The first kappa shape index (κ1) is 17.4. The van der Waals surface area contributed by atoms with E-state index in [-0.39, 0.29) is 22.8 Å². The third-order valence-corrected chi connectivity index (χ3v) is 6.13. The maximum atomic E-state index is 14.5. The van der Waals surface area contributed by atoms with E-state index in [1.54, 1.807) is 6.07 Å². The summed E-state index contributed by atoms with van der Waals surface area (Å²) in [6.07, 6.45) is 0.329. The number of hydrogen-bond acceptors (Lipinski definition) is 5. The second-order valence-electron chi connectivity index (χ2n) is 6.70. The fraction of sp³-hybridized carbons (Fsp3) is 0.588. The Hall–Kier alpha value is -1.47. The van der Waals surface area contributed by atoms with Crippen molar-refractivity contribution < 1.29 is 27.4 Å². The summed E-state index contributed by atoms with van der Waals surface area (Å²) >= 11 is 0. The van der Waals surface area contributed by atoms with Gasteiger partial charge in [-0.2, -0.15) is 0 Å². The maximum absolute atomic E-state index is 14.5. The second-order valence-corrected chi connectivity index (χ2v) is 8.69. The summed E-state index contributed by atoms with van der Waals surface area (Å²) in [6.45, 7) is 1.16. The van der Waals surface area contributed by atoms with Gasteiger partial charge in [0.2, 0.25) is 0 Å². The zero-order chi connectivity index (χ0) is 17.6. The number of benzene rings is 1. The van der Waals surface area contributed by atoms with Crippen LogP contribution in [0.25, 0.3) is 0 Å². The summed E-state index contributed by atoms with van der Waals surface area (Å²) in [5.74, 6) is -0.552. The van der Waals surface area contributed by atoms with Crippen LogP contribution in [0.2, 0.25) is 0 Å². The van der Waals surface area contributed by atoms with Crippen LogP contribution in [0.15, 0.2) is 17.0 Å². The highest BCUT2D eigenvalue weighted by molar-refractivity contribution is 7.90. The predicted octanol–water partition coefficient (Wildman–Crippen LogP) is 2.42. The number of aliphatic hydroxyl groups is 1. The van der Waals surface area contributed by atoms with Gasteiger partial charge in [-0.1, -0.05) is 12.5 Å². The minimum Gasteiger partial charge on any atom is -0.454 e. The van der Waals surface area contributed by atoms with Gasteiger partial charge >= 0.3 is 5.97 Å². The lowest BCUT2D eigenvalue weighted by molar-refractivity contribution is -0.149. The summed E-state index contributed by atoms with van der Waals surface area (Å²) in [4.78, 5) is 11.3. The van der Waals surface area contributed by atoms with E-state index >= 15 is 0 Å². The van der Waals surface area contributed by atoms with Crippen molar-refractivity contribution in [3.63, 3.8) is 0 Å². The quantitative estimate of drug-likeness (QED) is 0.838. The number of halogens is 1. The van der Waals surface area contributed by atoms with Crippen LogP contribution in [0, 0.1) is 5.92 Å². The number of rotatable bonds is 4. The number of carbonyl (C=O) groups excluding carboxylic acids is 1. The van der Waals surface area contributed by atoms with E-state index in [0.29, 0.717) is 11.1 Å². The van der Waals surface area contributed by atoms with Crippen LogP contribution in [0.1, 0.15) is 55.1 Å². The van der Waals surface area contributed by atoms with E-state index in [2.05, 4.69) is 0 Å². The molecule has 1 aromatic rings. The fourth-order valence-electron chi connectivity index (χ4n) is 3.60. The van der Waals surface area contributed by atoms with Crippen molar-refractivity contribution in [1.29, 1.82) is 0 Å². The number of hydrogen-bond donors (Lipinski definition) is 1. The molecule has 0 saturated heterocycles. The van der Waals surface area contributed by atoms with Crippen molar-refractivity contribution in [2.75, 3.05) is 6.26 Å². The second kappa shape index (κ2) is 6.11. The molecule has 0 unspecified atom stereocenters. The first-order chi connectivity index (χ1) is 11.2. The minimum atomic E-state index is -3.61. The Morgan fingerprint density at radius 1 is 1.38 bits per heavy atom.